The van der Waals surface area contributed by atoms with Gasteiger partial charge < -0.3 is 4.90 Å². The minimum absolute atomic E-state index is 0.107. The van der Waals surface area contributed by atoms with Crippen LogP contribution in [0.2, 0.25) is 0 Å². The number of hydrogen-bond donors (Lipinski definition) is 0. The summed E-state index contributed by atoms with van der Waals surface area (Å²) in [5, 5.41) is 4.29. The number of likely N-dealkylation sites (N-methyl/N-ethyl adjacent to an activating group) is 1. The monoisotopic (exact) mass is 335 g/mol. The van der Waals surface area contributed by atoms with Crippen molar-refractivity contribution in [3.63, 3.8) is 0 Å². The van der Waals surface area contributed by atoms with E-state index in [4.69, 9.17) is 0 Å². The average Bonchev–Trinajstić information content (AvgIpc) is 2.70. The standard InChI is InChI=1S/C15H18BrN3O/c1-11-13(10-19(3)17-11)9-18(2)15(20)8-12-4-6-14(16)7-5-12/h4-7,10H,8-9H2,1-3H3. The van der Waals surface area contributed by atoms with E-state index in [9.17, 15) is 4.79 Å². The molecule has 1 amide bonds. The number of aryl methyl sites for hydroxylation is 2. The first-order chi connectivity index (χ1) is 9.45. The molecule has 0 atom stereocenters. The van der Waals surface area contributed by atoms with Crippen LogP contribution in [-0.2, 0) is 24.8 Å². The highest BCUT2D eigenvalue weighted by Gasteiger charge is 2.12. The minimum Gasteiger partial charge on any atom is -0.341 e. The number of halogens is 1. The molecule has 0 saturated carbocycles. The van der Waals surface area contributed by atoms with Gasteiger partial charge in [0, 0.05) is 36.9 Å². The highest BCUT2D eigenvalue weighted by molar-refractivity contribution is 9.10. The first-order valence-corrected chi connectivity index (χ1v) is 7.22. The molecule has 4 nitrogen and oxygen atoms in total. The molecule has 0 aliphatic heterocycles. The Morgan fingerprint density at radius 2 is 2.00 bits per heavy atom. The summed E-state index contributed by atoms with van der Waals surface area (Å²) < 4.78 is 2.80. The third-order valence-corrected chi connectivity index (χ3v) is 3.75. The van der Waals surface area contributed by atoms with Crippen molar-refractivity contribution in [2.45, 2.75) is 19.9 Å². The molecule has 1 heterocycles. The van der Waals surface area contributed by atoms with Crippen molar-refractivity contribution < 1.29 is 4.79 Å². The van der Waals surface area contributed by atoms with Gasteiger partial charge in [-0.05, 0) is 24.6 Å². The molecule has 5 heteroatoms. The lowest BCUT2D eigenvalue weighted by Gasteiger charge is -2.16. The summed E-state index contributed by atoms with van der Waals surface area (Å²) >= 11 is 3.39. The van der Waals surface area contributed by atoms with Crippen LogP contribution in [0.25, 0.3) is 0 Å². The van der Waals surface area contributed by atoms with Crippen LogP contribution >= 0.6 is 15.9 Å². The predicted octanol–water partition coefficient (Wildman–Crippen LogP) is 2.69. The van der Waals surface area contributed by atoms with E-state index in [0.717, 1.165) is 21.3 Å². The Balaban J connectivity index is 1.98. The molecule has 2 rings (SSSR count). The molecule has 2 aromatic rings. The Kier molecular flexibility index (Phi) is 4.60. The molecule has 0 radical (unpaired) electrons. The maximum absolute atomic E-state index is 12.2. The van der Waals surface area contributed by atoms with Gasteiger partial charge in [-0.25, -0.2) is 0 Å². The van der Waals surface area contributed by atoms with E-state index in [0.29, 0.717) is 13.0 Å². The molecule has 1 aromatic carbocycles. The Bertz CT molecular complexity index is 604. The molecule has 0 aliphatic carbocycles. The van der Waals surface area contributed by atoms with Gasteiger partial charge in [0.15, 0.2) is 0 Å². The molecule has 106 valence electrons. The fraction of sp³-hybridized carbons (Fsp3) is 0.333. The zero-order valence-corrected chi connectivity index (χ0v) is 13.5. The van der Waals surface area contributed by atoms with Crippen LogP contribution in [0.3, 0.4) is 0 Å². The second kappa shape index (κ2) is 6.22. The summed E-state index contributed by atoms with van der Waals surface area (Å²) in [4.78, 5) is 13.9. The van der Waals surface area contributed by atoms with E-state index in [1.807, 2.05) is 51.5 Å². The Morgan fingerprint density at radius 3 is 2.55 bits per heavy atom. The molecular weight excluding hydrogens is 318 g/mol. The molecule has 0 unspecified atom stereocenters. The zero-order valence-electron chi connectivity index (χ0n) is 11.9. The third kappa shape index (κ3) is 3.70. The van der Waals surface area contributed by atoms with Gasteiger partial charge in [-0.3, -0.25) is 9.48 Å². The average molecular weight is 336 g/mol. The maximum atomic E-state index is 12.2. The summed E-state index contributed by atoms with van der Waals surface area (Å²) in [6, 6.07) is 7.83. The number of hydrogen-bond acceptors (Lipinski definition) is 2. The topological polar surface area (TPSA) is 38.1 Å². The van der Waals surface area contributed by atoms with Gasteiger partial charge in [0.25, 0.3) is 0 Å². The van der Waals surface area contributed by atoms with Crippen molar-refractivity contribution in [2.24, 2.45) is 7.05 Å². The Labute approximate surface area is 127 Å². The van der Waals surface area contributed by atoms with E-state index in [1.54, 1.807) is 9.58 Å². The van der Waals surface area contributed by atoms with Gasteiger partial charge in [-0.15, -0.1) is 0 Å². The number of benzene rings is 1. The largest absolute Gasteiger partial charge is 0.341 e. The normalized spacial score (nSPS) is 10.6. The molecule has 0 fully saturated rings. The minimum atomic E-state index is 0.107. The van der Waals surface area contributed by atoms with Crippen molar-refractivity contribution in [2.75, 3.05) is 7.05 Å². The second-order valence-corrected chi connectivity index (χ2v) is 5.88. The number of nitrogens with zero attached hydrogens (tertiary/aromatic N) is 3. The second-order valence-electron chi connectivity index (χ2n) is 4.97. The predicted molar refractivity (Wildman–Crippen MR) is 82.3 cm³/mol. The number of carbonyl (C=O) groups excluding carboxylic acids is 1. The van der Waals surface area contributed by atoms with E-state index in [1.165, 1.54) is 0 Å². The van der Waals surface area contributed by atoms with Crippen LogP contribution in [0, 0.1) is 6.92 Å². The molecule has 1 aromatic heterocycles. The fourth-order valence-electron chi connectivity index (χ4n) is 2.06. The summed E-state index contributed by atoms with van der Waals surface area (Å²) in [5.74, 6) is 0.107. The van der Waals surface area contributed by atoms with Crippen molar-refractivity contribution in [3.8, 4) is 0 Å². The summed E-state index contributed by atoms with van der Waals surface area (Å²) in [5.41, 5.74) is 3.07. The lowest BCUT2D eigenvalue weighted by Crippen LogP contribution is -2.27. The van der Waals surface area contributed by atoms with Crippen LogP contribution in [0.15, 0.2) is 34.9 Å². The maximum Gasteiger partial charge on any atom is 0.227 e. The van der Waals surface area contributed by atoms with Crippen LogP contribution < -0.4 is 0 Å². The van der Waals surface area contributed by atoms with Crippen molar-refractivity contribution in [1.29, 1.82) is 0 Å². The number of rotatable bonds is 4. The van der Waals surface area contributed by atoms with Crippen LogP contribution in [0.5, 0.6) is 0 Å². The molecule has 0 bridgehead atoms. The van der Waals surface area contributed by atoms with Crippen LogP contribution in [-0.4, -0.2) is 27.6 Å². The quantitative estimate of drug-likeness (QED) is 0.861. The van der Waals surface area contributed by atoms with E-state index in [-0.39, 0.29) is 5.91 Å². The first kappa shape index (κ1) is 14.8. The van der Waals surface area contributed by atoms with E-state index >= 15 is 0 Å². The molecule has 0 spiro atoms. The number of aromatic nitrogens is 2. The van der Waals surface area contributed by atoms with Gasteiger partial charge in [0.05, 0.1) is 12.1 Å². The highest BCUT2D eigenvalue weighted by atomic mass is 79.9. The van der Waals surface area contributed by atoms with Crippen molar-refractivity contribution >= 4 is 21.8 Å². The smallest absolute Gasteiger partial charge is 0.227 e. The zero-order chi connectivity index (χ0) is 14.7. The first-order valence-electron chi connectivity index (χ1n) is 6.43. The molecular formula is C15H18BrN3O. The van der Waals surface area contributed by atoms with Crippen molar-refractivity contribution in [1.82, 2.24) is 14.7 Å². The van der Waals surface area contributed by atoms with Crippen LogP contribution in [0.4, 0.5) is 0 Å². The van der Waals surface area contributed by atoms with Gasteiger partial charge in [-0.1, -0.05) is 28.1 Å². The van der Waals surface area contributed by atoms with E-state index in [2.05, 4.69) is 21.0 Å². The number of amides is 1. The summed E-state index contributed by atoms with van der Waals surface area (Å²) in [6.45, 7) is 2.55. The Hall–Kier alpha value is -1.62. The third-order valence-electron chi connectivity index (χ3n) is 3.22. The molecule has 20 heavy (non-hydrogen) atoms. The van der Waals surface area contributed by atoms with Gasteiger partial charge in [-0.2, -0.15) is 5.10 Å². The molecule has 0 aliphatic rings. The lowest BCUT2D eigenvalue weighted by molar-refractivity contribution is -0.129. The number of carbonyl (C=O) groups is 1. The van der Waals surface area contributed by atoms with Crippen LogP contribution in [0.1, 0.15) is 16.8 Å². The lowest BCUT2D eigenvalue weighted by atomic mass is 10.1. The summed E-state index contributed by atoms with van der Waals surface area (Å²) in [6.07, 6.45) is 2.38. The van der Waals surface area contributed by atoms with Gasteiger partial charge in [0.1, 0.15) is 0 Å². The van der Waals surface area contributed by atoms with E-state index < -0.39 is 0 Å². The van der Waals surface area contributed by atoms with Crippen molar-refractivity contribution in [3.05, 3.63) is 51.8 Å². The molecule has 0 N–H and O–H groups in total. The Morgan fingerprint density at radius 1 is 1.35 bits per heavy atom. The molecule has 0 saturated heterocycles. The SMILES string of the molecule is Cc1nn(C)cc1CN(C)C(=O)Cc1ccc(Br)cc1. The fourth-order valence-corrected chi connectivity index (χ4v) is 2.32. The van der Waals surface area contributed by atoms with Gasteiger partial charge >= 0.3 is 0 Å². The highest BCUT2D eigenvalue weighted by Crippen LogP contribution is 2.13. The summed E-state index contributed by atoms with van der Waals surface area (Å²) in [7, 11) is 3.72. The van der Waals surface area contributed by atoms with Gasteiger partial charge in [0.2, 0.25) is 5.91 Å².